The minimum Gasteiger partial charge on any atom is -0.314 e. The molecule has 0 radical (unpaired) electrons. The zero-order valence-electron chi connectivity index (χ0n) is 12.3. The number of nitrogens with one attached hydrogen (secondary N) is 1. The van der Waals surface area contributed by atoms with Crippen molar-refractivity contribution in [3.63, 3.8) is 0 Å². The van der Waals surface area contributed by atoms with Gasteiger partial charge in [-0.3, -0.25) is 4.98 Å². The molecule has 2 nitrogen and oxygen atoms in total. The van der Waals surface area contributed by atoms with E-state index in [1.54, 1.807) is 12.4 Å². The highest BCUT2D eigenvalue weighted by Gasteiger charge is 2.15. The zero-order chi connectivity index (χ0) is 15.2. The molecule has 0 aliphatic carbocycles. The lowest BCUT2D eigenvalue weighted by Gasteiger charge is -2.20. The van der Waals surface area contributed by atoms with Gasteiger partial charge in [-0.15, -0.1) is 0 Å². The van der Waals surface area contributed by atoms with Gasteiger partial charge in [0, 0.05) is 30.9 Å². The Kier molecular flexibility index (Phi) is 5.71. The maximum absolute atomic E-state index is 13.1. The van der Waals surface area contributed by atoms with Crippen LogP contribution in [-0.2, 0) is 6.42 Å². The van der Waals surface area contributed by atoms with E-state index in [0.29, 0.717) is 11.1 Å². The second kappa shape index (κ2) is 7.53. The fourth-order valence-corrected chi connectivity index (χ4v) is 2.45. The predicted molar refractivity (Wildman–Crippen MR) is 85.2 cm³/mol. The molecule has 2 aromatic rings. The van der Waals surface area contributed by atoms with Crippen LogP contribution >= 0.6 is 11.6 Å². The molecule has 0 aliphatic heterocycles. The third-order valence-electron chi connectivity index (χ3n) is 3.44. The first kappa shape index (κ1) is 15.9. The van der Waals surface area contributed by atoms with Crippen molar-refractivity contribution in [2.75, 3.05) is 6.54 Å². The fourth-order valence-electron chi connectivity index (χ4n) is 2.26. The number of hydrogen-bond donors (Lipinski definition) is 1. The lowest BCUT2D eigenvalue weighted by atomic mass is 9.92. The Balaban J connectivity index is 2.19. The van der Waals surface area contributed by atoms with E-state index in [2.05, 4.69) is 24.1 Å². The van der Waals surface area contributed by atoms with Gasteiger partial charge in [-0.1, -0.05) is 37.6 Å². The van der Waals surface area contributed by atoms with Gasteiger partial charge in [0.15, 0.2) is 0 Å². The number of hydrogen-bond acceptors (Lipinski definition) is 2. The largest absolute Gasteiger partial charge is 0.314 e. The highest BCUT2D eigenvalue weighted by molar-refractivity contribution is 6.31. The van der Waals surface area contributed by atoms with Gasteiger partial charge >= 0.3 is 0 Å². The van der Waals surface area contributed by atoms with Crippen LogP contribution in [0.25, 0.3) is 0 Å². The molecule has 0 aliphatic rings. The molecule has 4 heteroatoms. The van der Waals surface area contributed by atoms with E-state index in [1.807, 2.05) is 18.2 Å². The number of rotatable bonds is 6. The van der Waals surface area contributed by atoms with Gasteiger partial charge < -0.3 is 5.32 Å². The molecule has 1 unspecified atom stereocenters. The van der Waals surface area contributed by atoms with Crippen molar-refractivity contribution in [3.05, 3.63) is 64.7 Å². The van der Waals surface area contributed by atoms with Crippen LogP contribution in [-0.4, -0.2) is 17.6 Å². The van der Waals surface area contributed by atoms with Crippen molar-refractivity contribution in [1.29, 1.82) is 0 Å². The van der Waals surface area contributed by atoms with E-state index in [1.165, 1.54) is 12.1 Å². The third kappa shape index (κ3) is 4.80. The lowest BCUT2D eigenvalue weighted by Crippen LogP contribution is -2.29. The number of aromatic nitrogens is 1. The Labute approximate surface area is 130 Å². The van der Waals surface area contributed by atoms with E-state index in [4.69, 9.17) is 11.6 Å². The summed E-state index contributed by atoms with van der Waals surface area (Å²) in [7, 11) is 0. The Hall–Kier alpha value is -1.45. The molecule has 21 heavy (non-hydrogen) atoms. The van der Waals surface area contributed by atoms with Crippen molar-refractivity contribution in [2.45, 2.75) is 32.2 Å². The van der Waals surface area contributed by atoms with Crippen LogP contribution in [0.5, 0.6) is 0 Å². The Morgan fingerprint density at radius 1 is 1.19 bits per heavy atom. The fraction of sp³-hybridized carbons (Fsp3) is 0.353. The summed E-state index contributed by atoms with van der Waals surface area (Å²) in [6, 6.07) is 9.04. The van der Waals surface area contributed by atoms with E-state index in [9.17, 15) is 4.39 Å². The van der Waals surface area contributed by atoms with Crippen LogP contribution < -0.4 is 5.32 Å². The predicted octanol–water partition coefficient (Wildman–Crippen LogP) is 4.20. The van der Waals surface area contributed by atoms with Crippen molar-refractivity contribution in [1.82, 2.24) is 10.3 Å². The second-order valence-corrected chi connectivity index (χ2v) is 5.89. The van der Waals surface area contributed by atoms with Crippen LogP contribution in [0.3, 0.4) is 0 Å². The lowest BCUT2D eigenvalue weighted by molar-refractivity contribution is 0.526. The summed E-state index contributed by atoms with van der Waals surface area (Å²) >= 11 is 6.20. The Bertz CT molecular complexity index is 569. The molecule has 0 saturated heterocycles. The van der Waals surface area contributed by atoms with Crippen molar-refractivity contribution in [2.24, 2.45) is 0 Å². The molecule has 112 valence electrons. The minimum absolute atomic E-state index is 0.212. The number of pyridine rings is 1. The molecular formula is C17H20ClFN2. The monoisotopic (exact) mass is 306 g/mol. The van der Waals surface area contributed by atoms with E-state index < -0.39 is 0 Å². The average molecular weight is 307 g/mol. The van der Waals surface area contributed by atoms with Crippen LogP contribution in [0, 0.1) is 5.82 Å². The number of benzene rings is 1. The summed E-state index contributed by atoms with van der Waals surface area (Å²) in [4.78, 5) is 4.01. The summed E-state index contributed by atoms with van der Waals surface area (Å²) < 4.78 is 13.1. The van der Waals surface area contributed by atoms with Gasteiger partial charge in [-0.05, 0) is 35.7 Å². The standard InChI is InChI=1S/C17H20ClFN2/c1-12(2)21-10-15(13-3-5-16(19)6-4-13)9-14-7-8-20-11-17(14)18/h3-8,11-12,15,21H,9-10H2,1-2H3. The van der Waals surface area contributed by atoms with E-state index >= 15 is 0 Å². The van der Waals surface area contributed by atoms with Crippen LogP contribution in [0.15, 0.2) is 42.7 Å². The number of halogens is 2. The first-order valence-electron chi connectivity index (χ1n) is 7.13. The molecule has 0 fully saturated rings. The van der Waals surface area contributed by atoms with Gasteiger partial charge in [0.1, 0.15) is 5.82 Å². The smallest absolute Gasteiger partial charge is 0.123 e. The molecule has 1 aromatic carbocycles. The molecule has 2 rings (SSSR count). The molecule has 1 heterocycles. The first-order chi connectivity index (χ1) is 10.1. The summed E-state index contributed by atoms with van der Waals surface area (Å²) in [5.41, 5.74) is 2.17. The van der Waals surface area contributed by atoms with Gasteiger partial charge in [0.2, 0.25) is 0 Å². The van der Waals surface area contributed by atoms with Gasteiger partial charge in [0.25, 0.3) is 0 Å². The zero-order valence-corrected chi connectivity index (χ0v) is 13.1. The third-order valence-corrected chi connectivity index (χ3v) is 3.78. The number of nitrogens with zero attached hydrogens (tertiary/aromatic N) is 1. The first-order valence-corrected chi connectivity index (χ1v) is 7.51. The van der Waals surface area contributed by atoms with Gasteiger partial charge in [0.05, 0.1) is 5.02 Å². The van der Waals surface area contributed by atoms with E-state index in [0.717, 1.165) is 24.1 Å². The average Bonchev–Trinajstić information content (AvgIpc) is 2.46. The van der Waals surface area contributed by atoms with Crippen molar-refractivity contribution in [3.8, 4) is 0 Å². The topological polar surface area (TPSA) is 24.9 Å². The molecule has 1 atom stereocenters. The quantitative estimate of drug-likeness (QED) is 0.865. The van der Waals surface area contributed by atoms with Crippen LogP contribution in [0.2, 0.25) is 5.02 Å². The summed E-state index contributed by atoms with van der Waals surface area (Å²) in [5, 5.41) is 4.12. The van der Waals surface area contributed by atoms with Crippen molar-refractivity contribution < 1.29 is 4.39 Å². The molecule has 0 spiro atoms. The van der Waals surface area contributed by atoms with Gasteiger partial charge in [-0.2, -0.15) is 0 Å². The second-order valence-electron chi connectivity index (χ2n) is 5.48. The highest BCUT2D eigenvalue weighted by atomic mass is 35.5. The highest BCUT2D eigenvalue weighted by Crippen LogP contribution is 2.24. The summed E-state index contributed by atoms with van der Waals surface area (Å²) in [6.45, 7) is 5.05. The molecular weight excluding hydrogens is 287 g/mol. The van der Waals surface area contributed by atoms with Gasteiger partial charge in [-0.25, -0.2) is 4.39 Å². The maximum Gasteiger partial charge on any atom is 0.123 e. The molecule has 0 saturated carbocycles. The molecule has 1 aromatic heterocycles. The minimum atomic E-state index is -0.212. The van der Waals surface area contributed by atoms with Crippen LogP contribution in [0.4, 0.5) is 4.39 Å². The summed E-state index contributed by atoms with van der Waals surface area (Å²) in [5.74, 6) is 0.0316. The molecule has 0 amide bonds. The maximum atomic E-state index is 13.1. The molecule has 0 bridgehead atoms. The Morgan fingerprint density at radius 2 is 1.90 bits per heavy atom. The van der Waals surface area contributed by atoms with Crippen LogP contribution in [0.1, 0.15) is 30.9 Å². The summed E-state index contributed by atoms with van der Waals surface area (Å²) in [6.07, 6.45) is 4.21. The SMILES string of the molecule is CC(C)NCC(Cc1ccncc1Cl)c1ccc(F)cc1. The van der Waals surface area contributed by atoms with E-state index in [-0.39, 0.29) is 11.7 Å². The molecule has 1 N–H and O–H groups in total. The normalized spacial score (nSPS) is 12.6. The van der Waals surface area contributed by atoms with Crippen molar-refractivity contribution >= 4 is 11.6 Å². The Morgan fingerprint density at radius 3 is 2.52 bits per heavy atom.